The van der Waals surface area contributed by atoms with Crippen LogP contribution >= 0.6 is 0 Å². The molecule has 0 saturated carbocycles. The van der Waals surface area contributed by atoms with Gasteiger partial charge in [0.1, 0.15) is 18.2 Å². The lowest BCUT2D eigenvalue weighted by molar-refractivity contribution is 0.0697. The first kappa shape index (κ1) is 22.4. The summed E-state index contributed by atoms with van der Waals surface area (Å²) in [5.74, 6) is 0.283. The number of rotatable bonds is 8. The van der Waals surface area contributed by atoms with Crippen molar-refractivity contribution in [1.82, 2.24) is 5.43 Å². The third-order valence-corrected chi connectivity index (χ3v) is 4.08. The van der Waals surface area contributed by atoms with E-state index in [0.29, 0.717) is 18.2 Å². The summed E-state index contributed by atoms with van der Waals surface area (Å²) in [6, 6.07) is 16.1. The standard InChI is InChI=1S/C21H20N4O3.C2H6/c1-14-11-15(21(26)27)7-9-17(14)20-10-8-16(28-20)12-24-25-13-23-19-6-4-3-5-18(19)22-2;1-2/h3-12,23,25H,2,13H2,1H3,(H,26,27);1-2H3/b24-12+;. The maximum atomic E-state index is 11.0. The van der Waals surface area contributed by atoms with Crippen LogP contribution in [0.4, 0.5) is 11.4 Å². The van der Waals surface area contributed by atoms with Crippen LogP contribution in [0.3, 0.4) is 0 Å². The SMILES string of the molecule is C=Nc1ccccc1NCN/N=C/c1ccc(-c2ccc(C(=O)O)cc2C)o1.CC. The molecule has 3 aromatic rings. The van der Waals surface area contributed by atoms with Gasteiger partial charge in [-0.05, 0) is 55.6 Å². The highest BCUT2D eigenvalue weighted by Gasteiger charge is 2.10. The zero-order valence-corrected chi connectivity index (χ0v) is 17.3. The average molecular weight is 406 g/mol. The Kier molecular flexibility index (Phi) is 8.38. The van der Waals surface area contributed by atoms with Gasteiger partial charge >= 0.3 is 5.97 Å². The highest BCUT2D eigenvalue weighted by Crippen LogP contribution is 2.26. The molecule has 3 rings (SSSR count). The van der Waals surface area contributed by atoms with Crippen molar-refractivity contribution in [2.24, 2.45) is 10.1 Å². The number of carboxylic acids is 1. The van der Waals surface area contributed by atoms with Crippen LogP contribution < -0.4 is 10.7 Å². The van der Waals surface area contributed by atoms with Crippen molar-refractivity contribution in [2.45, 2.75) is 20.8 Å². The minimum Gasteiger partial charge on any atom is -0.478 e. The van der Waals surface area contributed by atoms with Gasteiger partial charge in [-0.1, -0.05) is 32.0 Å². The van der Waals surface area contributed by atoms with Crippen LogP contribution in [-0.4, -0.2) is 30.7 Å². The van der Waals surface area contributed by atoms with Gasteiger partial charge in [0.05, 0.1) is 23.2 Å². The monoisotopic (exact) mass is 406 g/mol. The molecule has 0 saturated heterocycles. The fourth-order valence-corrected chi connectivity index (χ4v) is 2.69. The minimum atomic E-state index is -0.951. The van der Waals surface area contributed by atoms with Gasteiger partial charge in [0.2, 0.25) is 0 Å². The van der Waals surface area contributed by atoms with E-state index in [-0.39, 0.29) is 5.56 Å². The molecule has 1 aromatic heterocycles. The number of nitrogens with zero attached hydrogens (tertiary/aromatic N) is 2. The van der Waals surface area contributed by atoms with Crippen LogP contribution in [0, 0.1) is 6.92 Å². The van der Waals surface area contributed by atoms with Crippen LogP contribution in [0.2, 0.25) is 0 Å². The van der Waals surface area contributed by atoms with Crippen molar-refractivity contribution in [3.8, 4) is 11.3 Å². The molecule has 1 heterocycles. The summed E-state index contributed by atoms with van der Waals surface area (Å²) in [6.45, 7) is 9.80. The molecule has 0 fully saturated rings. The Morgan fingerprint density at radius 2 is 1.93 bits per heavy atom. The summed E-state index contributed by atoms with van der Waals surface area (Å²) < 4.78 is 5.77. The molecule has 3 N–H and O–H groups in total. The van der Waals surface area contributed by atoms with Gasteiger partial charge in [0.15, 0.2) is 0 Å². The number of carboxylic acid groups (broad SMARTS) is 1. The van der Waals surface area contributed by atoms with Crippen molar-refractivity contribution in [3.63, 3.8) is 0 Å². The van der Waals surface area contributed by atoms with Crippen LogP contribution in [0.1, 0.15) is 35.5 Å². The van der Waals surface area contributed by atoms with Crippen LogP contribution in [0.25, 0.3) is 11.3 Å². The largest absolute Gasteiger partial charge is 0.478 e. The quantitative estimate of drug-likeness (QED) is 0.204. The summed E-state index contributed by atoms with van der Waals surface area (Å²) in [6.07, 6.45) is 1.57. The highest BCUT2D eigenvalue weighted by atomic mass is 16.4. The Bertz CT molecular complexity index is 1020. The van der Waals surface area contributed by atoms with Gasteiger partial charge in [-0.2, -0.15) is 5.10 Å². The minimum absolute atomic E-state index is 0.250. The predicted octanol–water partition coefficient (Wildman–Crippen LogP) is 5.30. The number of aryl methyl sites for hydroxylation is 1. The van der Waals surface area contributed by atoms with E-state index in [9.17, 15) is 4.79 Å². The molecular formula is C23H26N4O3. The first-order chi connectivity index (χ1) is 14.6. The molecule has 0 bridgehead atoms. The first-order valence-corrected chi connectivity index (χ1v) is 9.58. The lowest BCUT2D eigenvalue weighted by Crippen LogP contribution is -2.16. The summed E-state index contributed by atoms with van der Waals surface area (Å²) >= 11 is 0. The van der Waals surface area contributed by atoms with E-state index in [4.69, 9.17) is 9.52 Å². The van der Waals surface area contributed by atoms with Crippen molar-refractivity contribution in [1.29, 1.82) is 0 Å². The van der Waals surface area contributed by atoms with Gasteiger partial charge in [-0.3, -0.25) is 10.4 Å². The van der Waals surface area contributed by atoms with Gasteiger partial charge < -0.3 is 14.8 Å². The molecule has 0 aliphatic carbocycles. The molecule has 0 aliphatic rings. The number of hydrazone groups is 1. The lowest BCUT2D eigenvalue weighted by Gasteiger charge is -2.07. The molecule has 0 aliphatic heterocycles. The topological polar surface area (TPSA) is 99.2 Å². The fourth-order valence-electron chi connectivity index (χ4n) is 2.69. The molecule has 7 heteroatoms. The van der Waals surface area contributed by atoms with Gasteiger partial charge in [0, 0.05) is 5.56 Å². The number of furan rings is 1. The Labute approximate surface area is 176 Å². The second-order valence-electron chi connectivity index (χ2n) is 5.98. The second kappa shape index (κ2) is 11.2. The van der Waals surface area contributed by atoms with Crippen molar-refractivity contribution in [2.75, 3.05) is 12.0 Å². The van der Waals surface area contributed by atoms with Crippen molar-refractivity contribution in [3.05, 3.63) is 71.5 Å². The third-order valence-electron chi connectivity index (χ3n) is 4.08. The Balaban J connectivity index is 0.00000155. The summed E-state index contributed by atoms with van der Waals surface area (Å²) in [5.41, 5.74) is 6.44. The Morgan fingerprint density at radius 3 is 2.63 bits per heavy atom. The number of nitrogens with one attached hydrogen (secondary N) is 2. The molecule has 0 spiro atoms. The molecule has 30 heavy (non-hydrogen) atoms. The number of para-hydroxylation sites is 2. The fraction of sp³-hybridized carbons (Fsp3) is 0.174. The van der Waals surface area contributed by atoms with Crippen molar-refractivity contribution >= 4 is 30.3 Å². The maximum Gasteiger partial charge on any atom is 0.335 e. The van der Waals surface area contributed by atoms with E-state index in [1.54, 1.807) is 30.5 Å². The van der Waals surface area contributed by atoms with Crippen molar-refractivity contribution < 1.29 is 14.3 Å². The van der Waals surface area contributed by atoms with E-state index in [1.807, 2.05) is 51.1 Å². The van der Waals surface area contributed by atoms with Gasteiger partial charge in [0.25, 0.3) is 0 Å². The third kappa shape index (κ3) is 5.81. The Morgan fingerprint density at radius 1 is 1.17 bits per heavy atom. The first-order valence-electron chi connectivity index (χ1n) is 9.58. The molecule has 0 radical (unpaired) electrons. The van der Waals surface area contributed by atoms with Gasteiger partial charge in [-0.25, -0.2) is 4.79 Å². The van der Waals surface area contributed by atoms with E-state index in [0.717, 1.165) is 22.5 Å². The Hall–Kier alpha value is -3.87. The molecular weight excluding hydrogens is 380 g/mol. The molecule has 156 valence electrons. The highest BCUT2D eigenvalue weighted by molar-refractivity contribution is 5.89. The average Bonchev–Trinajstić information content (AvgIpc) is 3.23. The number of anilines is 1. The number of aliphatic imine (C=N–C) groups is 1. The summed E-state index contributed by atoms with van der Waals surface area (Å²) in [5, 5.41) is 16.3. The molecule has 7 nitrogen and oxygen atoms in total. The van der Waals surface area contributed by atoms with Crippen LogP contribution in [0.15, 0.2) is 69.1 Å². The van der Waals surface area contributed by atoms with E-state index in [2.05, 4.69) is 27.6 Å². The van der Waals surface area contributed by atoms with E-state index < -0.39 is 5.97 Å². The second-order valence-corrected chi connectivity index (χ2v) is 5.98. The van der Waals surface area contributed by atoms with E-state index >= 15 is 0 Å². The van der Waals surface area contributed by atoms with Crippen LogP contribution in [-0.2, 0) is 0 Å². The zero-order chi connectivity index (χ0) is 21.9. The van der Waals surface area contributed by atoms with Crippen LogP contribution in [0.5, 0.6) is 0 Å². The number of hydrogen-bond acceptors (Lipinski definition) is 6. The number of benzene rings is 2. The molecule has 0 amide bonds. The van der Waals surface area contributed by atoms with Gasteiger partial charge in [-0.15, -0.1) is 0 Å². The molecule has 0 atom stereocenters. The number of hydrogen-bond donors (Lipinski definition) is 3. The normalized spacial score (nSPS) is 10.2. The summed E-state index contributed by atoms with van der Waals surface area (Å²) in [7, 11) is 0. The number of carbonyl (C=O) groups is 1. The molecule has 0 unspecified atom stereocenters. The lowest BCUT2D eigenvalue weighted by atomic mass is 10.0. The molecule has 2 aromatic carbocycles. The zero-order valence-electron chi connectivity index (χ0n) is 17.3. The summed E-state index contributed by atoms with van der Waals surface area (Å²) in [4.78, 5) is 15.0. The van der Waals surface area contributed by atoms with E-state index in [1.165, 1.54) is 0 Å². The predicted molar refractivity (Wildman–Crippen MR) is 122 cm³/mol. The maximum absolute atomic E-state index is 11.0. The smallest absolute Gasteiger partial charge is 0.335 e. The number of aromatic carboxylic acids is 1.